The van der Waals surface area contributed by atoms with Gasteiger partial charge in [0.25, 0.3) is 0 Å². The molecule has 0 aliphatic heterocycles. The highest BCUT2D eigenvalue weighted by Gasteiger charge is 2.30. The maximum absolute atomic E-state index is 4.77. The zero-order valence-corrected chi connectivity index (χ0v) is 41.1. The van der Waals surface area contributed by atoms with Crippen molar-refractivity contribution in [2.75, 3.05) is 0 Å². The lowest BCUT2D eigenvalue weighted by Crippen LogP contribution is -2.17. The van der Waals surface area contributed by atoms with Crippen molar-refractivity contribution in [3.05, 3.63) is 227 Å². The molecule has 2 aliphatic carbocycles. The molecular weight excluding hydrogens is 817 g/mol. The maximum Gasteiger partial charge on any atom is 0.00669 e. The van der Waals surface area contributed by atoms with E-state index in [2.05, 4.69) is 217 Å². The summed E-state index contributed by atoms with van der Waals surface area (Å²) in [6.45, 7) is 18.8. The third kappa shape index (κ3) is 8.56. The highest BCUT2D eigenvalue weighted by molar-refractivity contribution is 6.26. The van der Waals surface area contributed by atoms with Crippen LogP contribution in [0.3, 0.4) is 0 Å². The lowest BCUT2D eigenvalue weighted by Gasteiger charge is -2.34. The molecule has 0 N–H and O–H groups in total. The van der Waals surface area contributed by atoms with Gasteiger partial charge in [-0.15, -0.1) is 0 Å². The number of benzene rings is 8. The van der Waals surface area contributed by atoms with Crippen molar-refractivity contribution < 1.29 is 0 Å². The van der Waals surface area contributed by atoms with E-state index >= 15 is 0 Å². The molecule has 8 aromatic carbocycles. The minimum atomic E-state index is 0.416. The van der Waals surface area contributed by atoms with E-state index in [4.69, 9.17) is 6.58 Å². The van der Waals surface area contributed by atoms with Crippen molar-refractivity contribution in [2.24, 2.45) is 11.8 Å². The summed E-state index contributed by atoms with van der Waals surface area (Å²) in [5.74, 6) is 1.39. The van der Waals surface area contributed by atoms with Crippen LogP contribution < -0.4 is 0 Å². The second-order valence-electron chi connectivity index (χ2n) is 19.9. The summed E-state index contributed by atoms with van der Waals surface area (Å²) < 4.78 is 0. The molecule has 0 bridgehead atoms. The fourth-order valence-corrected chi connectivity index (χ4v) is 11.4. The van der Waals surface area contributed by atoms with Gasteiger partial charge in [-0.25, -0.2) is 0 Å². The maximum atomic E-state index is 4.77. The normalized spacial score (nSPS) is 16.1. The Morgan fingerprint density at radius 1 is 0.603 bits per heavy atom. The molecule has 10 rings (SSSR count). The van der Waals surface area contributed by atoms with E-state index in [-0.39, 0.29) is 0 Å². The first-order chi connectivity index (χ1) is 33.2. The molecule has 0 aromatic heterocycles. The van der Waals surface area contributed by atoms with Crippen LogP contribution in [0, 0.1) is 18.8 Å². The fourth-order valence-electron chi connectivity index (χ4n) is 11.4. The topological polar surface area (TPSA) is 0 Å². The Bertz CT molecular complexity index is 3330. The third-order valence-corrected chi connectivity index (χ3v) is 15.8. The van der Waals surface area contributed by atoms with Gasteiger partial charge in [-0.1, -0.05) is 192 Å². The highest BCUT2D eigenvalue weighted by Crippen LogP contribution is 2.48. The van der Waals surface area contributed by atoms with E-state index in [1.54, 1.807) is 5.57 Å². The van der Waals surface area contributed by atoms with E-state index in [1.165, 1.54) is 116 Å². The Labute approximate surface area is 406 Å². The molecule has 68 heavy (non-hydrogen) atoms. The van der Waals surface area contributed by atoms with E-state index in [9.17, 15) is 0 Å². The van der Waals surface area contributed by atoms with Crippen LogP contribution in [0.25, 0.3) is 76.9 Å². The summed E-state index contributed by atoms with van der Waals surface area (Å²) in [6, 6.07) is 59.6. The van der Waals surface area contributed by atoms with Gasteiger partial charge in [0.05, 0.1) is 0 Å². The quantitative estimate of drug-likeness (QED) is 0.0955. The SMILES string of the molecule is C=C(CCC1=C(c2ccccc2)C(/C=C(/c2ccccc2)C(C)CC)C1)c1ccc2c3ccccc3c3cc(-c4cc(C5=C(C)C=CCC5)c(C)c(-c5ccccc5C(C)CC)c4)ccc3c2c1. The summed E-state index contributed by atoms with van der Waals surface area (Å²) in [5.41, 5.74) is 22.0. The van der Waals surface area contributed by atoms with E-state index < -0.39 is 0 Å². The largest absolute Gasteiger partial charge is 0.0952 e. The Hall–Kier alpha value is -6.76. The smallest absolute Gasteiger partial charge is 0.00669 e. The first-order valence-corrected chi connectivity index (χ1v) is 25.4. The molecule has 0 fully saturated rings. The van der Waals surface area contributed by atoms with Gasteiger partial charge < -0.3 is 0 Å². The van der Waals surface area contributed by atoms with Crippen LogP contribution in [0.2, 0.25) is 0 Å². The van der Waals surface area contributed by atoms with E-state index in [0.717, 1.165) is 44.9 Å². The van der Waals surface area contributed by atoms with Crippen LogP contribution in [-0.2, 0) is 0 Å². The zero-order chi connectivity index (χ0) is 46.9. The molecule has 0 saturated heterocycles. The van der Waals surface area contributed by atoms with Crippen molar-refractivity contribution in [1.82, 2.24) is 0 Å². The molecule has 0 saturated carbocycles. The Balaban J connectivity index is 1.03. The lowest BCUT2D eigenvalue weighted by molar-refractivity contribution is 0.674. The van der Waals surface area contributed by atoms with Gasteiger partial charge in [0, 0.05) is 5.92 Å². The monoisotopic (exact) mass is 883 g/mol. The molecule has 3 unspecified atom stereocenters. The first-order valence-electron chi connectivity index (χ1n) is 25.4. The molecule has 0 heteroatoms. The van der Waals surface area contributed by atoms with Crippen LogP contribution in [0.5, 0.6) is 0 Å². The molecule has 0 radical (unpaired) electrons. The van der Waals surface area contributed by atoms with Crippen molar-refractivity contribution in [2.45, 2.75) is 92.4 Å². The van der Waals surface area contributed by atoms with Gasteiger partial charge in [0.1, 0.15) is 0 Å². The first kappa shape index (κ1) is 45.0. The van der Waals surface area contributed by atoms with Gasteiger partial charge in [-0.3, -0.25) is 0 Å². The fraction of sp³-hybridized carbons (Fsp3) is 0.235. The van der Waals surface area contributed by atoms with Crippen molar-refractivity contribution in [1.29, 1.82) is 0 Å². The standard InChI is InChI=1S/C68H66/c1-8-44(3)56-27-18-19-29-58(56)65-42-54(41-64(48(65)7)57-28-17-16-22-47(57)6)52-35-37-62-66-39-51(34-36-61(66)59-30-20-21-31-60(59)67(62)40-52)46(5)32-33-53-38-55(68(53)50-25-14-11-15-26-50)43-63(45(4)9-2)49-23-12-10-13-24-49/h10-16,18-27,29-31,34-37,39-45,55H,5,8-9,17,28,32-33,38H2,1-4,6-7H3/b63-43+. The summed E-state index contributed by atoms with van der Waals surface area (Å²) in [4.78, 5) is 0. The van der Waals surface area contributed by atoms with Crippen molar-refractivity contribution in [3.63, 3.8) is 0 Å². The Kier molecular flexibility index (Phi) is 12.9. The average Bonchev–Trinajstić information content (AvgIpc) is 3.38. The Morgan fingerprint density at radius 3 is 2.00 bits per heavy atom. The lowest BCUT2D eigenvalue weighted by atomic mass is 9.70. The predicted molar refractivity (Wildman–Crippen MR) is 298 cm³/mol. The van der Waals surface area contributed by atoms with Gasteiger partial charge in [0.15, 0.2) is 0 Å². The summed E-state index contributed by atoms with van der Waals surface area (Å²) in [7, 11) is 0. The van der Waals surface area contributed by atoms with Crippen molar-refractivity contribution >= 4 is 54.6 Å². The summed E-state index contributed by atoms with van der Waals surface area (Å²) in [6.07, 6.45) is 14.7. The van der Waals surface area contributed by atoms with Gasteiger partial charge in [-0.2, -0.15) is 0 Å². The molecule has 0 heterocycles. The van der Waals surface area contributed by atoms with E-state index in [0.29, 0.717) is 17.8 Å². The average molecular weight is 883 g/mol. The molecule has 2 aliphatic rings. The zero-order valence-electron chi connectivity index (χ0n) is 41.1. The second kappa shape index (κ2) is 19.5. The summed E-state index contributed by atoms with van der Waals surface area (Å²) in [5, 5.41) is 7.78. The number of allylic oxidation sites excluding steroid dienone is 9. The highest BCUT2D eigenvalue weighted by atomic mass is 14.3. The van der Waals surface area contributed by atoms with Gasteiger partial charge >= 0.3 is 0 Å². The van der Waals surface area contributed by atoms with E-state index in [1.807, 2.05) is 0 Å². The van der Waals surface area contributed by atoms with Crippen LogP contribution in [0.1, 0.15) is 119 Å². The second-order valence-corrected chi connectivity index (χ2v) is 19.9. The number of rotatable bonds is 14. The number of hydrogen-bond acceptors (Lipinski definition) is 0. The number of hydrogen-bond donors (Lipinski definition) is 0. The molecule has 338 valence electrons. The van der Waals surface area contributed by atoms with Crippen molar-refractivity contribution in [3.8, 4) is 22.3 Å². The molecule has 0 spiro atoms. The third-order valence-electron chi connectivity index (χ3n) is 15.8. The molecule has 0 amide bonds. The van der Waals surface area contributed by atoms with Crippen LogP contribution >= 0.6 is 0 Å². The Morgan fingerprint density at radius 2 is 1.25 bits per heavy atom. The molecule has 3 atom stereocenters. The summed E-state index contributed by atoms with van der Waals surface area (Å²) >= 11 is 0. The molecule has 0 nitrogen and oxygen atoms in total. The van der Waals surface area contributed by atoms with Gasteiger partial charge in [-0.05, 0) is 211 Å². The van der Waals surface area contributed by atoms with Crippen LogP contribution in [-0.4, -0.2) is 0 Å². The number of fused-ring (bicyclic) bond motifs is 6. The van der Waals surface area contributed by atoms with Gasteiger partial charge in [0.2, 0.25) is 0 Å². The predicted octanol–water partition coefficient (Wildman–Crippen LogP) is 19.8. The molecular formula is C68H66. The minimum absolute atomic E-state index is 0.416. The van der Waals surface area contributed by atoms with Crippen LogP contribution in [0.15, 0.2) is 194 Å². The minimum Gasteiger partial charge on any atom is -0.0952 e. The van der Waals surface area contributed by atoms with Crippen LogP contribution in [0.4, 0.5) is 0 Å². The molecule has 8 aromatic rings.